The molecule has 1 aliphatic heterocycles. The van der Waals surface area contributed by atoms with Gasteiger partial charge in [-0.3, -0.25) is 9.59 Å². The summed E-state index contributed by atoms with van der Waals surface area (Å²) in [7, 11) is -2.08. The Morgan fingerprint density at radius 2 is 1.67 bits per heavy atom. The predicted octanol–water partition coefficient (Wildman–Crippen LogP) is 1.66. The Morgan fingerprint density at radius 1 is 1.07 bits per heavy atom. The fourth-order valence-electron chi connectivity index (χ4n) is 4.05. The van der Waals surface area contributed by atoms with Crippen LogP contribution in [-0.4, -0.2) is 56.8 Å². The van der Waals surface area contributed by atoms with E-state index in [0.717, 1.165) is 25.7 Å². The van der Waals surface area contributed by atoms with Gasteiger partial charge >= 0.3 is 0 Å². The molecule has 166 valence electrons. The summed E-state index contributed by atoms with van der Waals surface area (Å²) in [5.74, 6) is -0.0511. The van der Waals surface area contributed by atoms with E-state index in [1.165, 1.54) is 23.5 Å². The van der Waals surface area contributed by atoms with E-state index in [-0.39, 0.29) is 41.8 Å². The number of hydrogen-bond acceptors (Lipinski definition) is 5. The molecule has 1 aliphatic carbocycles. The van der Waals surface area contributed by atoms with Crippen molar-refractivity contribution in [2.45, 2.75) is 62.4 Å². The lowest BCUT2D eigenvalue weighted by Crippen LogP contribution is -2.50. The van der Waals surface area contributed by atoms with E-state index >= 15 is 0 Å². The standard InChI is InChI=1S/C21H31N3O5S/c1-15(20(25)23-17-5-3-4-6-17)22-21(26)16-11-13-24(14-12-16)30(27,28)19-9-7-18(29-2)8-10-19/h7-10,15-17H,3-6,11-14H2,1-2H3,(H,22,26)(H,23,25). The van der Waals surface area contributed by atoms with Gasteiger partial charge in [-0.25, -0.2) is 8.42 Å². The van der Waals surface area contributed by atoms with Crippen molar-refractivity contribution >= 4 is 21.8 Å². The number of rotatable bonds is 7. The Labute approximate surface area is 178 Å². The second-order valence-corrected chi connectivity index (χ2v) is 10.0. The lowest BCUT2D eigenvalue weighted by molar-refractivity contribution is -0.131. The average molecular weight is 438 g/mol. The van der Waals surface area contributed by atoms with Crippen molar-refractivity contribution in [2.24, 2.45) is 5.92 Å². The van der Waals surface area contributed by atoms with Gasteiger partial charge in [-0.15, -0.1) is 0 Å². The van der Waals surface area contributed by atoms with E-state index in [1.54, 1.807) is 19.1 Å². The molecule has 2 aliphatic rings. The van der Waals surface area contributed by atoms with E-state index in [9.17, 15) is 18.0 Å². The van der Waals surface area contributed by atoms with Crippen LogP contribution in [0, 0.1) is 5.92 Å². The number of hydrogen-bond donors (Lipinski definition) is 2. The van der Waals surface area contributed by atoms with Crippen LogP contribution < -0.4 is 15.4 Å². The quantitative estimate of drug-likeness (QED) is 0.675. The molecule has 0 spiro atoms. The molecule has 1 unspecified atom stereocenters. The molecule has 1 aromatic carbocycles. The molecular weight excluding hydrogens is 406 g/mol. The number of sulfonamides is 1. The Balaban J connectivity index is 1.50. The van der Waals surface area contributed by atoms with Crippen LogP contribution in [0.5, 0.6) is 5.75 Å². The molecule has 2 fully saturated rings. The van der Waals surface area contributed by atoms with E-state index in [0.29, 0.717) is 18.6 Å². The van der Waals surface area contributed by atoms with Crippen LogP contribution in [0.15, 0.2) is 29.2 Å². The summed E-state index contributed by atoms with van der Waals surface area (Å²) >= 11 is 0. The van der Waals surface area contributed by atoms with Gasteiger partial charge < -0.3 is 15.4 Å². The maximum Gasteiger partial charge on any atom is 0.243 e. The van der Waals surface area contributed by atoms with Crippen LogP contribution in [0.4, 0.5) is 0 Å². The highest BCUT2D eigenvalue weighted by Crippen LogP contribution is 2.25. The molecule has 1 atom stereocenters. The zero-order valence-electron chi connectivity index (χ0n) is 17.6. The topological polar surface area (TPSA) is 105 Å². The van der Waals surface area contributed by atoms with Gasteiger partial charge in [-0.2, -0.15) is 4.31 Å². The second-order valence-electron chi connectivity index (χ2n) is 8.07. The fraction of sp³-hybridized carbons (Fsp3) is 0.619. The summed E-state index contributed by atoms with van der Waals surface area (Å²) in [6.07, 6.45) is 5.10. The Bertz CT molecular complexity index is 842. The first-order valence-electron chi connectivity index (χ1n) is 10.6. The van der Waals surface area contributed by atoms with Gasteiger partial charge in [0.25, 0.3) is 0 Å². The number of carbonyl (C=O) groups excluding carboxylic acids is 2. The van der Waals surface area contributed by atoms with Crippen molar-refractivity contribution in [1.82, 2.24) is 14.9 Å². The zero-order chi connectivity index (χ0) is 21.7. The van der Waals surface area contributed by atoms with Gasteiger partial charge in [0.15, 0.2) is 0 Å². The van der Waals surface area contributed by atoms with Crippen molar-refractivity contribution in [1.29, 1.82) is 0 Å². The first-order chi connectivity index (χ1) is 14.3. The summed E-state index contributed by atoms with van der Waals surface area (Å²) in [5.41, 5.74) is 0. The lowest BCUT2D eigenvalue weighted by atomic mass is 9.97. The van der Waals surface area contributed by atoms with Gasteiger partial charge in [0, 0.05) is 25.0 Å². The summed E-state index contributed by atoms with van der Waals surface area (Å²) in [4.78, 5) is 25.1. The largest absolute Gasteiger partial charge is 0.497 e. The normalized spacial score (nSPS) is 19.9. The third-order valence-corrected chi connectivity index (χ3v) is 7.89. The molecule has 0 bridgehead atoms. The third-order valence-electron chi connectivity index (χ3n) is 5.98. The van der Waals surface area contributed by atoms with Crippen LogP contribution in [-0.2, 0) is 19.6 Å². The van der Waals surface area contributed by atoms with E-state index < -0.39 is 16.1 Å². The SMILES string of the molecule is COc1ccc(S(=O)(=O)N2CCC(C(=O)NC(C)C(=O)NC3CCCC3)CC2)cc1. The first-order valence-corrected chi connectivity index (χ1v) is 12.0. The second kappa shape index (κ2) is 9.78. The van der Waals surface area contributed by atoms with Crippen molar-refractivity contribution < 1.29 is 22.7 Å². The smallest absolute Gasteiger partial charge is 0.243 e. The Hall–Kier alpha value is -2.13. The number of nitrogens with zero attached hydrogens (tertiary/aromatic N) is 1. The van der Waals surface area contributed by atoms with Crippen molar-refractivity contribution in [3.05, 3.63) is 24.3 Å². The van der Waals surface area contributed by atoms with Crippen LogP contribution in [0.1, 0.15) is 45.4 Å². The Morgan fingerprint density at radius 3 is 2.23 bits per heavy atom. The number of carbonyl (C=O) groups is 2. The number of methoxy groups -OCH3 is 1. The molecule has 1 aromatic rings. The van der Waals surface area contributed by atoms with E-state index in [1.807, 2.05) is 0 Å². The minimum atomic E-state index is -3.60. The molecule has 0 radical (unpaired) electrons. The first kappa shape index (κ1) is 22.6. The molecule has 2 N–H and O–H groups in total. The lowest BCUT2D eigenvalue weighted by Gasteiger charge is -2.31. The third kappa shape index (κ3) is 5.31. The fourth-order valence-corrected chi connectivity index (χ4v) is 5.52. The van der Waals surface area contributed by atoms with Crippen LogP contribution >= 0.6 is 0 Å². The number of benzene rings is 1. The van der Waals surface area contributed by atoms with Gasteiger partial charge in [-0.05, 0) is 56.9 Å². The van der Waals surface area contributed by atoms with Crippen LogP contribution in [0.3, 0.4) is 0 Å². The summed E-state index contributed by atoms with van der Waals surface area (Å²) in [6.45, 7) is 2.23. The molecule has 8 nitrogen and oxygen atoms in total. The highest BCUT2D eigenvalue weighted by Gasteiger charge is 2.33. The molecular formula is C21H31N3O5S. The monoisotopic (exact) mass is 437 g/mol. The maximum atomic E-state index is 12.8. The number of piperidine rings is 1. The van der Waals surface area contributed by atoms with Crippen molar-refractivity contribution in [3.63, 3.8) is 0 Å². The Kier molecular flexibility index (Phi) is 7.36. The highest BCUT2D eigenvalue weighted by atomic mass is 32.2. The summed E-state index contributed by atoms with van der Waals surface area (Å²) < 4.78 is 32.1. The van der Waals surface area contributed by atoms with E-state index in [2.05, 4.69) is 10.6 Å². The van der Waals surface area contributed by atoms with Gasteiger partial charge in [0.2, 0.25) is 21.8 Å². The molecule has 1 saturated carbocycles. The minimum absolute atomic E-state index is 0.158. The van der Waals surface area contributed by atoms with Gasteiger partial charge in [0.05, 0.1) is 12.0 Å². The molecule has 30 heavy (non-hydrogen) atoms. The summed E-state index contributed by atoms with van der Waals surface area (Å²) in [6, 6.07) is 5.90. The van der Waals surface area contributed by atoms with Gasteiger partial charge in [-0.1, -0.05) is 12.8 Å². The van der Waals surface area contributed by atoms with Crippen LogP contribution in [0.2, 0.25) is 0 Å². The van der Waals surface area contributed by atoms with Crippen molar-refractivity contribution in [3.8, 4) is 5.75 Å². The highest BCUT2D eigenvalue weighted by molar-refractivity contribution is 7.89. The van der Waals surface area contributed by atoms with E-state index in [4.69, 9.17) is 4.74 Å². The molecule has 3 rings (SSSR count). The number of nitrogens with one attached hydrogen (secondary N) is 2. The molecule has 0 aromatic heterocycles. The average Bonchev–Trinajstić information content (AvgIpc) is 3.26. The number of amides is 2. The molecule has 9 heteroatoms. The molecule has 1 heterocycles. The minimum Gasteiger partial charge on any atom is -0.497 e. The molecule has 1 saturated heterocycles. The van der Waals surface area contributed by atoms with Gasteiger partial charge in [0.1, 0.15) is 11.8 Å². The predicted molar refractivity (Wildman–Crippen MR) is 112 cm³/mol. The zero-order valence-corrected chi connectivity index (χ0v) is 18.4. The van der Waals surface area contributed by atoms with Crippen molar-refractivity contribution in [2.75, 3.05) is 20.2 Å². The maximum absolute atomic E-state index is 12.8. The number of ether oxygens (including phenoxy) is 1. The van der Waals surface area contributed by atoms with Crippen LogP contribution in [0.25, 0.3) is 0 Å². The summed E-state index contributed by atoms with van der Waals surface area (Å²) in [5, 5.41) is 5.78. The molecule has 2 amide bonds.